The van der Waals surface area contributed by atoms with Crippen LogP contribution in [0.2, 0.25) is 0 Å². The molecule has 0 saturated heterocycles. The van der Waals surface area contributed by atoms with E-state index >= 15 is 0 Å². The summed E-state index contributed by atoms with van der Waals surface area (Å²) in [5.74, 6) is 0. The summed E-state index contributed by atoms with van der Waals surface area (Å²) in [7, 11) is 0. The molecule has 0 unspecified atom stereocenters. The van der Waals surface area contributed by atoms with E-state index in [0.717, 1.165) is 4.47 Å². The molecule has 1 heterocycles. The molecular formula is C8H12BrN3. The molecule has 0 amide bonds. The summed E-state index contributed by atoms with van der Waals surface area (Å²) in [6.45, 7) is 0.716. The van der Waals surface area contributed by atoms with Gasteiger partial charge < -0.3 is 5.73 Å². The van der Waals surface area contributed by atoms with Crippen LogP contribution >= 0.6 is 15.9 Å². The summed E-state index contributed by atoms with van der Waals surface area (Å²) in [4.78, 5) is 0. The van der Waals surface area contributed by atoms with Crippen molar-refractivity contribution in [1.29, 1.82) is 0 Å². The van der Waals surface area contributed by atoms with Crippen LogP contribution in [0.3, 0.4) is 0 Å². The molecule has 1 aliphatic rings. The van der Waals surface area contributed by atoms with E-state index in [-0.39, 0.29) is 5.41 Å². The van der Waals surface area contributed by atoms with Crippen LogP contribution < -0.4 is 5.73 Å². The zero-order chi connectivity index (χ0) is 8.60. The minimum Gasteiger partial charge on any atom is -0.330 e. The van der Waals surface area contributed by atoms with Crippen molar-refractivity contribution in [3.63, 3.8) is 0 Å². The zero-order valence-corrected chi connectivity index (χ0v) is 8.39. The lowest BCUT2D eigenvalue weighted by atomic mass is 9.67. The molecule has 0 radical (unpaired) electrons. The van der Waals surface area contributed by atoms with E-state index in [1.54, 1.807) is 6.20 Å². The standard InChI is InChI=1S/C8H12BrN3/c9-6-4-11-12-7(6)8(5-10)2-1-3-8/h4H,1-3,5,10H2,(H,11,12). The fourth-order valence-corrected chi connectivity index (χ4v) is 2.41. The Hall–Kier alpha value is -0.350. The van der Waals surface area contributed by atoms with Gasteiger partial charge in [0.15, 0.2) is 0 Å². The number of H-pyrrole nitrogens is 1. The van der Waals surface area contributed by atoms with Crippen LogP contribution in [0.5, 0.6) is 0 Å². The van der Waals surface area contributed by atoms with Gasteiger partial charge in [-0.15, -0.1) is 0 Å². The molecule has 2 rings (SSSR count). The third-order valence-corrected chi connectivity index (χ3v) is 3.43. The van der Waals surface area contributed by atoms with Crippen LogP contribution in [0, 0.1) is 0 Å². The van der Waals surface area contributed by atoms with Crippen molar-refractivity contribution in [2.24, 2.45) is 5.73 Å². The van der Waals surface area contributed by atoms with Crippen molar-refractivity contribution in [2.45, 2.75) is 24.7 Å². The smallest absolute Gasteiger partial charge is 0.0632 e. The second kappa shape index (κ2) is 2.85. The molecule has 1 fully saturated rings. The molecule has 0 aromatic carbocycles. The predicted octanol–water partition coefficient (Wildman–Crippen LogP) is 1.55. The van der Waals surface area contributed by atoms with E-state index in [4.69, 9.17) is 5.73 Å². The topological polar surface area (TPSA) is 54.7 Å². The number of hydrogen-bond donors (Lipinski definition) is 2. The van der Waals surface area contributed by atoms with E-state index in [1.807, 2.05) is 0 Å². The third kappa shape index (κ3) is 1.02. The highest BCUT2D eigenvalue weighted by molar-refractivity contribution is 9.10. The molecule has 0 atom stereocenters. The first-order chi connectivity index (χ1) is 5.78. The highest BCUT2D eigenvalue weighted by atomic mass is 79.9. The van der Waals surface area contributed by atoms with Crippen molar-refractivity contribution >= 4 is 15.9 Å². The van der Waals surface area contributed by atoms with Crippen molar-refractivity contribution < 1.29 is 0 Å². The van der Waals surface area contributed by atoms with Crippen LogP contribution in [0.4, 0.5) is 0 Å². The van der Waals surface area contributed by atoms with Crippen molar-refractivity contribution in [1.82, 2.24) is 10.2 Å². The minimum absolute atomic E-state index is 0.190. The lowest BCUT2D eigenvalue weighted by molar-refractivity contribution is 0.244. The van der Waals surface area contributed by atoms with Crippen LogP contribution in [0.1, 0.15) is 25.0 Å². The number of hydrogen-bond acceptors (Lipinski definition) is 2. The van der Waals surface area contributed by atoms with Crippen LogP contribution in [-0.4, -0.2) is 16.7 Å². The summed E-state index contributed by atoms with van der Waals surface area (Å²) < 4.78 is 1.06. The van der Waals surface area contributed by atoms with E-state index < -0.39 is 0 Å². The lowest BCUT2D eigenvalue weighted by Crippen LogP contribution is -2.42. The first kappa shape index (κ1) is 8.26. The first-order valence-corrected chi connectivity index (χ1v) is 4.97. The second-order valence-electron chi connectivity index (χ2n) is 3.43. The Morgan fingerprint density at radius 3 is 2.75 bits per heavy atom. The molecule has 1 saturated carbocycles. The average molecular weight is 230 g/mol. The number of rotatable bonds is 2. The molecule has 4 heteroatoms. The van der Waals surface area contributed by atoms with Gasteiger partial charge in [-0.05, 0) is 28.8 Å². The van der Waals surface area contributed by atoms with Crippen LogP contribution in [0.15, 0.2) is 10.7 Å². The number of aromatic nitrogens is 2. The van der Waals surface area contributed by atoms with Gasteiger partial charge in [-0.1, -0.05) is 6.42 Å². The molecular weight excluding hydrogens is 218 g/mol. The van der Waals surface area contributed by atoms with E-state index in [2.05, 4.69) is 26.1 Å². The van der Waals surface area contributed by atoms with Crippen molar-refractivity contribution in [2.75, 3.05) is 6.54 Å². The molecule has 12 heavy (non-hydrogen) atoms. The Labute approximate surface area is 79.9 Å². The molecule has 0 bridgehead atoms. The van der Waals surface area contributed by atoms with Gasteiger partial charge in [0.25, 0.3) is 0 Å². The fraction of sp³-hybridized carbons (Fsp3) is 0.625. The number of nitrogens with two attached hydrogens (primary N) is 1. The van der Waals surface area contributed by atoms with Crippen molar-refractivity contribution in [3.8, 4) is 0 Å². The number of nitrogens with one attached hydrogen (secondary N) is 1. The normalized spacial score (nSPS) is 20.5. The SMILES string of the molecule is NCC1(c2[nH]ncc2Br)CCC1. The Morgan fingerprint density at radius 2 is 2.42 bits per heavy atom. The first-order valence-electron chi connectivity index (χ1n) is 4.18. The molecule has 3 nitrogen and oxygen atoms in total. The molecule has 66 valence electrons. The van der Waals surface area contributed by atoms with Gasteiger partial charge in [-0.2, -0.15) is 5.10 Å². The number of nitrogens with zero attached hydrogens (tertiary/aromatic N) is 1. The van der Waals surface area contributed by atoms with Gasteiger partial charge in [0, 0.05) is 12.0 Å². The zero-order valence-electron chi connectivity index (χ0n) is 6.81. The highest BCUT2D eigenvalue weighted by Gasteiger charge is 2.39. The number of halogens is 1. The van der Waals surface area contributed by atoms with Gasteiger partial charge in [-0.3, -0.25) is 5.10 Å². The third-order valence-electron chi connectivity index (χ3n) is 2.82. The summed E-state index contributed by atoms with van der Waals surface area (Å²) in [5, 5.41) is 7.01. The summed E-state index contributed by atoms with van der Waals surface area (Å²) in [6, 6.07) is 0. The summed E-state index contributed by atoms with van der Waals surface area (Å²) in [6.07, 6.45) is 5.45. The van der Waals surface area contributed by atoms with Gasteiger partial charge in [0.1, 0.15) is 0 Å². The Morgan fingerprint density at radius 1 is 1.67 bits per heavy atom. The van der Waals surface area contributed by atoms with Gasteiger partial charge in [0.2, 0.25) is 0 Å². The van der Waals surface area contributed by atoms with Gasteiger partial charge >= 0.3 is 0 Å². The Balaban J connectivity index is 2.33. The quantitative estimate of drug-likeness (QED) is 0.809. The lowest BCUT2D eigenvalue weighted by Gasteiger charge is -2.40. The second-order valence-corrected chi connectivity index (χ2v) is 4.29. The Bertz CT molecular complexity index is 272. The molecule has 1 aromatic heterocycles. The predicted molar refractivity (Wildman–Crippen MR) is 50.9 cm³/mol. The average Bonchev–Trinajstić information content (AvgIpc) is 2.36. The monoisotopic (exact) mass is 229 g/mol. The maximum absolute atomic E-state index is 5.76. The fourth-order valence-electron chi connectivity index (χ4n) is 1.80. The minimum atomic E-state index is 0.190. The maximum atomic E-state index is 5.76. The summed E-state index contributed by atoms with van der Waals surface area (Å²) >= 11 is 3.47. The van der Waals surface area contributed by atoms with E-state index in [0.29, 0.717) is 6.54 Å². The van der Waals surface area contributed by atoms with Crippen LogP contribution in [0.25, 0.3) is 0 Å². The van der Waals surface area contributed by atoms with Crippen molar-refractivity contribution in [3.05, 3.63) is 16.4 Å². The molecule has 0 spiro atoms. The molecule has 3 N–H and O–H groups in total. The largest absolute Gasteiger partial charge is 0.330 e. The van der Waals surface area contributed by atoms with Crippen LogP contribution in [-0.2, 0) is 5.41 Å². The number of aromatic amines is 1. The highest BCUT2D eigenvalue weighted by Crippen LogP contribution is 2.44. The van der Waals surface area contributed by atoms with Gasteiger partial charge in [0.05, 0.1) is 16.4 Å². The molecule has 0 aliphatic heterocycles. The Kier molecular flexibility index (Phi) is 1.96. The molecule has 1 aliphatic carbocycles. The van der Waals surface area contributed by atoms with E-state index in [1.165, 1.54) is 25.0 Å². The maximum Gasteiger partial charge on any atom is 0.0632 e. The van der Waals surface area contributed by atoms with Gasteiger partial charge in [-0.25, -0.2) is 0 Å². The summed E-state index contributed by atoms with van der Waals surface area (Å²) in [5.41, 5.74) is 7.13. The van der Waals surface area contributed by atoms with E-state index in [9.17, 15) is 0 Å². The molecule has 1 aromatic rings.